The first-order valence-corrected chi connectivity index (χ1v) is 8.17. The van der Waals surface area contributed by atoms with Crippen LogP contribution in [0.5, 0.6) is 0 Å². The van der Waals surface area contributed by atoms with Crippen LogP contribution in [0, 0.1) is 0 Å². The molecule has 1 aromatic rings. The molecule has 12 heteroatoms. The Balaban J connectivity index is 2.96. The summed E-state index contributed by atoms with van der Waals surface area (Å²) < 4.78 is 26.2. The molecule has 1 rings (SSSR count). The third-order valence-electron chi connectivity index (χ3n) is 1.31. The number of sulfone groups is 1. The predicted octanol–water partition coefficient (Wildman–Crippen LogP) is 2.47. The number of hydrogen-bond acceptors (Lipinski definition) is 8. The standard InChI is InChI=1S/C5H3Br3N2O5S2/c6-5(7,8)17(12,13)4-9-1-3(2-10-4)16-15-14-11/h1-2,11H. The minimum Gasteiger partial charge on any atom is -0.225 e. The van der Waals surface area contributed by atoms with Crippen LogP contribution in [0.3, 0.4) is 0 Å². The monoisotopic (exact) mass is 472 g/mol. The summed E-state index contributed by atoms with van der Waals surface area (Å²) >= 11 is 9.26. The topological polar surface area (TPSA) is 98.6 Å². The molecule has 1 heterocycles. The molecule has 0 aliphatic carbocycles. The van der Waals surface area contributed by atoms with Gasteiger partial charge < -0.3 is 0 Å². The summed E-state index contributed by atoms with van der Waals surface area (Å²) in [6.07, 6.45) is 2.39. The first-order chi connectivity index (χ1) is 7.79. The highest BCUT2D eigenvalue weighted by molar-refractivity contribution is 9.42. The van der Waals surface area contributed by atoms with Crippen molar-refractivity contribution in [3.05, 3.63) is 12.4 Å². The van der Waals surface area contributed by atoms with E-state index in [-0.39, 0.29) is 0 Å². The molecule has 0 amide bonds. The Morgan fingerprint density at radius 1 is 1.29 bits per heavy atom. The summed E-state index contributed by atoms with van der Waals surface area (Å²) in [7, 11) is -3.82. The van der Waals surface area contributed by atoms with Crippen molar-refractivity contribution in [1.82, 2.24) is 9.97 Å². The molecule has 0 saturated heterocycles. The van der Waals surface area contributed by atoms with Gasteiger partial charge in [-0.2, -0.15) is 0 Å². The molecule has 1 aromatic heterocycles. The van der Waals surface area contributed by atoms with Crippen LogP contribution in [0.1, 0.15) is 0 Å². The third kappa shape index (κ3) is 4.09. The third-order valence-corrected chi connectivity index (χ3v) is 6.98. The Labute approximate surface area is 126 Å². The minimum absolute atomic E-state index is 0.349. The fraction of sp³-hybridized carbons (Fsp3) is 0.200. The van der Waals surface area contributed by atoms with Gasteiger partial charge in [0.1, 0.15) is 0 Å². The Morgan fingerprint density at radius 2 is 1.82 bits per heavy atom. The maximum absolute atomic E-state index is 11.8. The van der Waals surface area contributed by atoms with Crippen LogP contribution in [-0.2, 0) is 19.2 Å². The Kier molecular flexibility index (Phi) is 5.78. The molecule has 96 valence electrons. The summed E-state index contributed by atoms with van der Waals surface area (Å²) in [4.78, 5) is 7.63. The van der Waals surface area contributed by atoms with Gasteiger partial charge >= 0.3 is 0 Å². The second kappa shape index (κ2) is 6.23. The average Bonchev–Trinajstić information content (AvgIpc) is 2.25. The summed E-state index contributed by atoms with van der Waals surface area (Å²) in [6.45, 7) is 0. The van der Waals surface area contributed by atoms with Crippen molar-refractivity contribution in [3.63, 3.8) is 0 Å². The second-order valence-corrected chi connectivity index (χ2v) is 13.5. The Morgan fingerprint density at radius 3 is 2.24 bits per heavy atom. The molecule has 17 heavy (non-hydrogen) atoms. The lowest BCUT2D eigenvalue weighted by atomic mass is 10.7. The lowest BCUT2D eigenvalue weighted by Crippen LogP contribution is -2.20. The van der Waals surface area contributed by atoms with E-state index in [1.807, 2.05) is 0 Å². The van der Waals surface area contributed by atoms with Gasteiger partial charge in [0.2, 0.25) is 16.5 Å². The van der Waals surface area contributed by atoms with E-state index in [1.165, 1.54) is 12.4 Å². The SMILES string of the molecule is O=S(=O)(c1ncc(SOOO)cn1)C(Br)(Br)Br. The molecule has 0 atom stereocenters. The highest BCUT2D eigenvalue weighted by atomic mass is 80.0. The van der Waals surface area contributed by atoms with Crippen LogP contribution < -0.4 is 0 Å². The van der Waals surface area contributed by atoms with E-state index >= 15 is 0 Å². The van der Waals surface area contributed by atoms with E-state index in [9.17, 15) is 8.42 Å². The first-order valence-electron chi connectivity index (χ1n) is 3.57. The second-order valence-electron chi connectivity index (χ2n) is 2.38. The largest absolute Gasteiger partial charge is 0.250 e. The highest BCUT2D eigenvalue weighted by Gasteiger charge is 2.39. The molecular weight excluding hydrogens is 472 g/mol. The molecule has 7 nitrogen and oxygen atoms in total. The van der Waals surface area contributed by atoms with Gasteiger partial charge in [0, 0.05) is 12.4 Å². The van der Waals surface area contributed by atoms with Crippen molar-refractivity contribution in [2.24, 2.45) is 0 Å². The quantitative estimate of drug-likeness (QED) is 0.234. The van der Waals surface area contributed by atoms with Crippen LogP contribution in [0.4, 0.5) is 0 Å². The average molecular weight is 475 g/mol. The molecule has 0 aliphatic rings. The zero-order valence-electron chi connectivity index (χ0n) is 7.58. The van der Waals surface area contributed by atoms with E-state index in [0.717, 1.165) is 0 Å². The van der Waals surface area contributed by atoms with Crippen molar-refractivity contribution >= 4 is 69.7 Å². The zero-order valence-corrected chi connectivity index (χ0v) is 14.0. The maximum Gasteiger partial charge on any atom is 0.250 e. The fourth-order valence-electron chi connectivity index (χ4n) is 0.644. The van der Waals surface area contributed by atoms with Gasteiger partial charge in [-0.3, -0.25) is 0 Å². The summed E-state index contributed by atoms with van der Waals surface area (Å²) in [5.41, 5.74) is 0. The Hall–Kier alpha value is 0.700. The summed E-state index contributed by atoms with van der Waals surface area (Å²) in [6, 6.07) is 0. The number of nitrogens with zero attached hydrogens (tertiary/aromatic N) is 2. The number of rotatable bonds is 4. The molecule has 0 aliphatic heterocycles. The molecular formula is C5H3Br3N2O5S2. The van der Waals surface area contributed by atoms with Crippen molar-refractivity contribution in [2.45, 2.75) is 11.5 Å². The lowest BCUT2D eigenvalue weighted by molar-refractivity contribution is -0.432. The molecule has 0 spiro atoms. The predicted molar refractivity (Wildman–Crippen MR) is 69.4 cm³/mol. The molecule has 0 fully saturated rings. The summed E-state index contributed by atoms with van der Waals surface area (Å²) in [5.74, 6) is 0. The normalized spacial score (nSPS) is 12.7. The van der Waals surface area contributed by atoms with Crippen molar-refractivity contribution in [3.8, 4) is 0 Å². The van der Waals surface area contributed by atoms with Gasteiger partial charge in [-0.05, 0) is 47.8 Å². The van der Waals surface area contributed by atoms with E-state index in [2.05, 4.69) is 67.1 Å². The number of alkyl halides is 3. The number of aromatic nitrogens is 2. The minimum atomic E-state index is -3.82. The van der Waals surface area contributed by atoms with Crippen LogP contribution in [-0.4, -0.2) is 25.1 Å². The summed E-state index contributed by atoms with van der Waals surface area (Å²) in [5, 5.41) is 10.9. The smallest absolute Gasteiger partial charge is 0.225 e. The van der Waals surface area contributed by atoms with Gasteiger partial charge in [0.05, 0.1) is 16.9 Å². The molecule has 1 N–H and O–H groups in total. The fourth-order valence-corrected chi connectivity index (χ4v) is 2.84. The van der Waals surface area contributed by atoms with E-state index < -0.39 is 16.5 Å². The molecule has 0 bridgehead atoms. The molecule has 0 unspecified atom stereocenters. The van der Waals surface area contributed by atoms with Gasteiger partial charge in [0.15, 0.2) is 0 Å². The maximum atomic E-state index is 11.8. The van der Waals surface area contributed by atoms with E-state index in [4.69, 9.17) is 5.26 Å². The molecule has 0 radical (unpaired) electrons. The van der Waals surface area contributed by atoms with Crippen LogP contribution in [0.25, 0.3) is 0 Å². The first kappa shape index (κ1) is 15.8. The van der Waals surface area contributed by atoms with Crippen molar-refractivity contribution < 1.29 is 23.0 Å². The van der Waals surface area contributed by atoms with Gasteiger partial charge in [-0.1, -0.05) is 5.04 Å². The van der Waals surface area contributed by atoms with Gasteiger partial charge in [-0.25, -0.2) is 23.6 Å². The molecule has 0 aromatic carbocycles. The lowest BCUT2D eigenvalue weighted by Gasteiger charge is -2.11. The van der Waals surface area contributed by atoms with E-state index in [0.29, 0.717) is 16.9 Å². The Bertz CT molecular complexity index is 473. The van der Waals surface area contributed by atoms with Crippen molar-refractivity contribution in [1.29, 1.82) is 0 Å². The van der Waals surface area contributed by atoms with Crippen LogP contribution in [0.15, 0.2) is 22.4 Å². The van der Waals surface area contributed by atoms with Gasteiger partial charge in [-0.15, -0.1) is 4.33 Å². The highest BCUT2D eigenvalue weighted by Crippen LogP contribution is 2.42. The van der Waals surface area contributed by atoms with Crippen LogP contribution >= 0.6 is 59.8 Å². The number of hydrogen-bond donors (Lipinski definition) is 1. The van der Waals surface area contributed by atoms with E-state index in [1.54, 1.807) is 0 Å². The number of halogens is 3. The van der Waals surface area contributed by atoms with Crippen LogP contribution in [0.2, 0.25) is 0 Å². The van der Waals surface area contributed by atoms with Crippen molar-refractivity contribution in [2.75, 3.05) is 0 Å². The molecule has 0 saturated carbocycles. The van der Waals surface area contributed by atoms with Gasteiger partial charge in [0.25, 0.3) is 0 Å². The zero-order chi connectivity index (χ0) is 13.1.